The third-order valence-electron chi connectivity index (χ3n) is 3.36. The quantitative estimate of drug-likeness (QED) is 0.402. The van der Waals surface area contributed by atoms with Crippen molar-refractivity contribution >= 4 is 35.2 Å². The van der Waals surface area contributed by atoms with Crippen LogP contribution in [-0.2, 0) is 4.74 Å². The lowest BCUT2D eigenvalue weighted by molar-refractivity contribution is 0.0498. The second kappa shape index (κ2) is 10.1. The van der Waals surface area contributed by atoms with Crippen molar-refractivity contribution in [3.8, 4) is 0 Å². The van der Waals surface area contributed by atoms with Crippen LogP contribution in [0.4, 0.5) is 16.4 Å². The van der Waals surface area contributed by atoms with E-state index in [-0.39, 0.29) is 35.1 Å². The number of carbonyl (C=O) groups is 2. The maximum absolute atomic E-state index is 12.3. The van der Waals surface area contributed by atoms with Crippen molar-refractivity contribution in [1.29, 1.82) is 0 Å². The highest BCUT2D eigenvalue weighted by Crippen LogP contribution is 2.17. The number of carbonyl (C=O) groups excluding carboxylic acids is 2. The monoisotopic (exact) mass is 401 g/mol. The number of amides is 2. The fourth-order valence-corrected chi connectivity index (χ4v) is 2.27. The Hall–Kier alpha value is -2.33. The predicted octanol–water partition coefficient (Wildman–Crippen LogP) is 1.05. The first-order chi connectivity index (χ1) is 12.5. The number of ether oxygens (including phenoxy) is 1. The first-order valence-corrected chi connectivity index (χ1v) is 8.97. The van der Waals surface area contributed by atoms with Gasteiger partial charge in [0.15, 0.2) is 22.5 Å². The molecule has 152 valence electrons. The topological polar surface area (TPSA) is 171 Å². The van der Waals surface area contributed by atoms with Crippen LogP contribution in [0.25, 0.3) is 0 Å². The highest BCUT2D eigenvalue weighted by Gasteiger charge is 2.21. The van der Waals surface area contributed by atoms with Crippen molar-refractivity contribution in [3.05, 3.63) is 10.8 Å². The maximum Gasteiger partial charge on any atom is 0.407 e. The van der Waals surface area contributed by atoms with Crippen LogP contribution < -0.4 is 27.8 Å². The molecule has 11 heteroatoms. The molecular formula is C16H28ClN7O3. The van der Waals surface area contributed by atoms with Gasteiger partial charge < -0.3 is 32.6 Å². The molecule has 0 saturated heterocycles. The van der Waals surface area contributed by atoms with E-state index in [0.29, 0.717) is 13.0 Å². The second-order valence-electron chi connectivity index (χ2n) is 6.97. The van der Waals surface area contributed by atoms with E-state index in [2.05, 4.69) is 20.6 Å². The Bertz CT molecular complexity index is 664. The molecular weight excluding hydrogens is 374 g/mol. The van der Waals surface area contributed by atoms with Gasteiger partial charge >= 0.3 is 6.09 Å². The molecule has 1 rings (SSSR count). The first kappa shape index (κ1) is 22.7. The average molecular weight is 402 g/mol. The van der Waals surface area contributed by atoms with Crippen LogP contribution in [0, 0.1) is 0 Å². The summed E-state index contributed by atoms with van der Waals surface area (Å²) in [6.45, 7) is 5.99. The Labute approximate surface area is 163 Å². The molecule has 0 aliphatic rings. The molecule has 0 aliphatic carbocycles. The van der Waals surface area contributed by atoms with Gasteiger partial charge in [-0.2, -0.15) is 0 Å². The van der Waals surface area contributed by atoms with Crippen LogP contribution in [0.5, 0.6) is 0 Å². The number of aromatic nitrogens is 2. The number of rotatable bonds is 8. The smallest absolute Gasteiger partial charge is 0.407 e. The number of nitrogen functional groups attached to an aromatic ring is 2. The van der Waals surface area contributed by atoms with E-state index in [1.807, 2.05) is 0 Å². The van der Waals surface area contributed by atoms with Gasteiger partial charge in [0.05, 0.1) is 0 Å². The van der Waals surface area contributed by atoms with Gasteiger partial charge in [0.25, 0.3) is 5.91 Å². The van der Waals surface area contributed by atoms with Crippen LogP contribution in [0.3, 0.4) is 0 Å². The van der Waals surface area contributed by atoms with Gasteiger partial charge in [0, 0.05) is 12.6 Å². The molecule has 10 nitrogen and oxygen atoms in total. The normalized spacial score (nSPS) is 12.3. The number of halogens is 1. The van der Waals surface area contributed by atoms with E-state index in [0.717, 1.165) is 12.8 Å². The Morgan fingerprint density at radius 3 is 2.44 bits per heavy atom. The van der Waals surface area contributed by atoms with Crippen LogP contribution in [-0.4, -0.2) is 46.7 Å². The summed E-state index contributed by atoms with van der Waals surface area (Å²) in [5, 5.41) is 5.29. The molecule has 0 radical (unpaired) electrons. The molecule has 0 spiro atoms. The number of anilines is 2. The summed E-state index contributed by atoms with van der Waals surface area (Å²) in [7, 11) is 0. The third kappa shape index (κ3) is 8.27. The van der Waals surface area contributed by atoms with Crippen molar-refractivity contribution in [3.63, 3.8) is 0 Å². The summed E-state index contributed by atoms with van der Waals surface area (Å²) >= 11 is 5.79. The van der Waals surface area contributed by atoms with Crippen molar-refractivity contribution in [2.75, 3.05) is 24.6 Å². The average Bonchev–Trinajstić information content (AvgIpc) is 2.54. The minimum absolute atomic E-state index is 0.0584. The molecule has 1 atom stereocenters. The van der Waals surface area contributed by atoms with Gasteiger partial charge in [-0.3, -0.25) is 4.79 Å². The first-order valence-electron chi connectivity index (χ1n) is 8.59. The predicted molar refractivity (Wildman–Crippen MR) is 104 cm³/mol. The maximum atomic E-state index is 12.3. The minimum atomic E-state index is -0.625. The van der Waals surface area contributed by atoms with Crippen molar-refractivity contribution in [2.24, 2.45) is 5.73 Å². The zero-order chi connectivity index (χ0) is 20.6. The van der Waals surface area contributed by atoms with Gasteiger partial charge in [-0.25, -0.2) is 14.8 Å². The van der Waals surface area contributed by atoms with Crippen molar-refractivity contribution in [1.82, 2.24) is 20.6 Å². The fraction of sp³-hybridized carbons (Fsp3) is 0.625. The lowest BCUT2D eigenvalue weighted by Crippen LogP contribution is -2.45. The van der Waals surface area contributed by atoms with Crippen LogP contribution in [0.1, 0.15) is 50.5 Å². The zero-order valence-corrected chi connectivity index (χ0v) is 16.6. The SMILES string of the molecule is CC(C)(C)OC(=O)NC(CCCCN)CNC(=O)c1nc(Cl)c(N)nc1N. The fourth-order valence-electron chi connectivity index (χ4n) is 2.14. The molecule has 0 fully saturated rings. The second-order valence-corrected chi connectivity index (χ2v) is 7.33. The lowest BCUT2D eigenvalue weighted by atomic mass is 10.1. The van der Waals surface area contributed by atoms with Gasteiger partial charge in [-0.05, 0) is 40.2 Å². The van der Waals surface area contributed by atoms with Crippen molar-refractivity contribution in [2.45, 2.75) is 51.7 Å². The molecule has 0 saturated carbocycles. The van der Waals surface area contributed by atoms with Crippen LogP contribution >= 0.6 is 11.6 Å². The Kier molecular flexibility index (Phi) is 8.51. The van der Waals surface area contributed by atoms with E-state index in [1.54, 1.807) is 20.8 Å². The molecule has 0 bridgehead atoms. The van der Waals surface area contributed by atoms with Gasteiger partial charge in [-0.1, -0.05) is 18.0 Å². The summed E-state index contributed by atoms with van der Waals surface area (Å²) in [5.41, 5.74) is 15.9. The summed E-state index contributed by atoms with van der Waals surface area (Å²) < 4.78 is 5.25. The third-order valence-corrected chi connectivity index (χ3v) is 3.63. The van der Waals surface area contributed by atoms with Gasteiger partial charge in [0.1, 0.15) is 5.60 Å². The molecule has 27 heavy (non-hydrogen) atoms. The molecule has 0 aromatic carbocycles. The Morgan fingerprint density at radius 2 is 1.85 bits per heavy atom. The van der Waals surface area contributed by atoms with Gasteiger partial charge in [-0.15, -0.1) is 0 Å². The van der Waals surface area contributed by atoms with Crippen LogP contribution in [0.15, 0.2) is 0 Å². The van der Waals surface area contributed by atoms with E-state index < -0.39 is 17.6 Å². The van der Waals surface area contributed by atoms with E-state index in [1.165, 1.54) is 0 Å². The van der Waals surface area contributed by atoms with Gasteiger partial charge in [0.2, 0.25) is 0 Å². The largest absolute Gasteiger partial charge is 0.444 e. The number of nitrogens with two attached hydrogens (primary N) is 3. The van der Waals surface area contributed by atoms with Crippen LogP contribution in [0.2, 0.25) is 5.15 Å². The summed E-state index contributed by atoms with van der Waals surface area (Å²) in [5.74, 6) is -0.761. The standard InChI is InChI=1S/C16H28ClN7O3/c1-16(2,3)27-15(26)22-9(6-4-5-7-18)8-21-14(25)10-12(19)24-13(20)11(17)23-10/h9H,4-8,18H2,1-3H3,(H,21,25)(H,22,26)(H4,19,20,24). The number of nitrogens with one attached hydrogen (secondary N) is 2. The van der Waals surface area contributed by atoms with Crippen molar-refractivity contribution < 1.29 is 14.3 Å². The Morgan fingerprint density at radius 1 is 1.19 bits per heavy atom. The summed E-state index contributed by atoms with van der Waals surface area (Å²) in [6.07, 6.45) is 1.62. The number of alkyl carbamates (subject to hydrolysis) is 1. The number of unbranched alkanes of at least 4 members (excludes halogenated alkanes) is 1. The zero-order valence-electron chi connectivity index (χ0n) is 15.8. The Balaban J connectivity index is 2.73. The number of nitrogens with zero attached hydrogens (tertiary/aromatic N) is 2. The molecule has 2 amide bonds. The highest BCUT2D eigenvalue weighted by molar-refractivity contribution is 6.31. The molecule has 1 heterocycles. The number of hydrogen-bond donors (Lipinski definition) is 5. The molecule has 1 aromatic rings. The highest BCUT2D eigenvalue weighted by atomic mass is 35.5. The molecule has 0 aliphatic heterocycles. The summed E-state index contributed by atoms with van der Waals surface area (Å²) in [6, 6.07) is -0.353. The molecule has 1 unspecified atom stereocenters. The van der Waals surface area contributed by atoms with E-state index in [4.69, 9.17) is 33.5 Å². The minimum Gasteiger partial charge on any atom is -0.444 e. The number of hydrogen-bond acceptors (Lipinski definition) is 8. The molecule has 8 N–H and O–H groups in total. The van der Waals surface area contributed by atoms with E-state index >= 15 is 0 Å². The lowest BCUT2D eigenvalue weighted by Gasteiger charge is -2.24. The molecule has 1 aromatic heterocycles. The summed E-state index contributed by atoms with van der Waals surface area (Å²) in [4.78, 5) is 31.9. The van der Waals surface area contributed by atoms with E-state index in [9.17, 15) is 9.59 Å².